The number of pyridine rings is 1. The maximum absolute atomic E-state index is 12.0. The van der Waals surface area contributed by atoms with Crippen molar-refractivity contribution >= 4 is 17.2 Å². The molecule has 0 fully saturated rings. The molecule has 0 atom stereocenters. The summed E-state index contributed by atoms with van der Waals surface area (Å²) in [6.07, 6.45) is 1.97. The van der Waals surface area contributed by atoms with Gasteiger partial charge in [-0.25, -0.2) is 0 Å². The second kappa shape index (κ2) is 8.49. The number of hydrogen-bond donors (Lipinski definition) is 1. The Morgan fingerprint density at radius 2 is 1.68 bits per heavy atom. The second-order valence-corrected chi connectivity index (χ2v) is 8.03. The Bertz CT molecular complexity index is 1010. The van der Waals surface area contributed by atoms with E-state index >= 15 is 0 Å². The molecule has 144 valence electrons. The fourth-order valence-electron chi connectivity index (χ4n) is 2.88. The fraction of sp³-hybridized carbons (Fsp3) is 0.208. The summed E-state index contributed by atoms with van der Waals surface area (Å²) in [5.41, 5.74) is 3.62. The number of rotatable bonds is 5. The summed E-state index contributed by atoms with van der Waals surface area (Å²) >= 11 is 5.90. The highest BCUT2D eigenvalue weighted by Gasteiger charge is 2.14. The van der Waals surface area contributed by atoms with E-state index in [1.165, 1.54) is 5.56 Å². The first-order chi connectivity index (χ1) is 13.3. The molecule has 0 aliphatic heterocycles. The molecule has 0 aliphatic rings. The molecule has 2 aromatic carbocycles. The average Bonchev–Trinajstić information content (AvgIpc) is 2.68. The minimum atomic E-state index is -0.305. The van der Waals surface area contributed by atoms with Crippen LogP contribution in [0.4, 0.5) is 0 Å². The molecule has 28 heavy (non-hydrogen) atoms. The van der Waals surface area contributed by atoms with Crippen LogP contribution in [-0.4, -0.2) is 11.6 Å². The van der Waals surface area contributed by atoms with Crippen LogP contribution in [0.2, 0.25) is 5.02 Å². The topological polar surface area (TPSA) is 42.1 Å². The lowest BCUT2D eigenvalue weighted by atomic mass is 9.86. The number of aromatic nitrogens is 1. The van der Waals surface area contributed by atoms with Crippen LogP contribution < -0.4 is 10.3 Å². The van der Waals surface area contributed by atoms with Crippen molar-refractivity contribution < 1.29 is 4.74 Å². The van der Waals surface area contributed by atoms with Crippen LogP contribution in [0.15, 0.2) is 77.6 Å². The summed E-state index contributed by atoms with van der Waals surface area (Å²) in [6.45, 7) is 6.93. The van der Waals surface area contributed by atoms with Crippen molar-refractivity contribution in [2.24, 2.45) is 0 Å². The van der Waals surface area contributed by atoms with E-state index in [0.29, 0.717) is 12.3 Å². The van der Waals surface area contributed by atoms with Gasteiger partial charge in [0, 0.05) is 11.3 Å². The van der Waals surface area contributed by atoms with E-state index in [9.17, 15) is 4.79 Å². The number of aromatic amines is 1. The van der Waals surface area contributed by atoms with Gasteiger partial charge in [0.2, 0.25) is 0 Å². The van der Waals surface area contributed by atoms with Crippen LogP contribution in [0.3, 0.4) is 0 Å². The number of ether oxygens (including phenoxy) is 1. The fourth-order valence-corrected chi connectivity index (χ4v) is 2.99. The van der Waals surface area contributed by atoms with Crippen LogP contribution in [0, 0.1) is 0 Å². The van der Waals surface area contributed by atoms with Crippen LogP contribution >= 0.6 is 11.6 Å². The minimum Gasteiger partial charge on any atom is -0.490 e. The highest BCUT2D eigenvalue weighted by atomic mass is 35.5. The summed E-state index contributed by atoms with van der Waals surface area (Å²) in [5.74, 6) is 0.797. The third-order valence-corrected chi connectivity index (χ3v) is 4.79. The first-order valence-corrected chi connectivity index (χ1v) is 9.60. The molecule has 1 aromatic heterocycles. The Kier molecular flexibility index (Phi) is 6.05. The summed E-state index contributed by atoms with van der Waals surface area (Å²) in [5, 5.41) is 0.173. The minimum absolute atomic E-state index is 0.0768. The lowest BCUT2D eigenvalue weighted by Crippen LogP contribution is -2.11. The molecular formula is C24H24ClNO2. The normalized spacial score (nSPS) is 12.1. The van der Waals surface area contributed by atoms with Crippen LogP contribution in [-0.2, 0) is 5.41 Å². The molecule has 3 rings (SSSR count). The molecule has 4 heteroatoms. The number of nitrogens with one attached hydrogen (secondary N) is 1. The molecule has 0 radical (unpaired) electrons. The zero-order valence-electron chi connectivity index (χ0n) is 16.3. The van der Waals surface area contributed by atoms with Gasteiger partial charge >= 0.3 is 0 Å². The first-order valence-electron chi connectivity index (χ1n) is 9.23. The van der Waals surface area contributed by atoms with E-state index in [0.717, 1.165) is 16.9 Å². The molecular weight excluding hydrogens is 370 g/mol. The molecule has 0 saturated heterocycles. The predicted molar refractivity (Wildman–Crippen MR) is 116 cm³/mol. The molecule has 1 N–H and O–H groups in total. The number of para-hydroxylation sites is 1. The zero-order valence-corrected chi connectivity index (χ0v) is 17.1. The van der Waals surface area contributed by atoms with Crippen molar-refractivity contribution in [2.45, 2.75) is 26.2 Å². The van der Waals surface area contributed by atoms with Crippen molar-refractivity contribution in [3.63, 3.8) is 0 Å². The predicted octanol–water partition coefficient (Wildman–Crippen LogP) is 5.84. The molecule has 0 spiro atoms. The molecule has 0 saturated carbocycles. The first kappa shape index (κ1) is 20.0. The summed E-state index contributed by atoms with van der Waals surface area (Å²) in [7, 11) is 0. The van der Waals surface area contributed by atoms with Crippen molar-refractivity contribution in [3.05, 3.63) is 105 Å². The summed E-state index contributed by atoms with van der Waals surface area (Å²) in [4.78, 5) is 14.9. The van der Waals surface area contributed by atoms with Crippen molar-refractivity contribution in [3.8, 4) is 5.75 Å². The van der Waals surface area contributed by atoms with E-state index < -0.39 is 0 Å². The van der Waals surface area contributed by atoms with Crippen molar-refractivity contribution in [2.75, 3.05) is 6.61 Å². The van der Waals surface area contributed by atoms with Crippen LogP contribution in [0.25, 0.3) is 5.57 Å². The molecule has 1 heterocycles. The second-order valence-electron chi connectivity index (χ2n) is 7.62. The van der Waals surface area contributed by atoms with E-state index in [1.54, 1.807) is 6.07 Å². The Morgan fingerprint density at radius 3 is 2.29 bits per heavy atom. The van der Waals surface area contributed by atoms with Gasteiger partial charge in [0.15, 0.2) is 0 Å². The average molecular weight is 394 g/mol. The van der Waals surface area contributed by atoms with E-state index in [4.69, 9.17) is 16.3 Å². The SMILES string of the molecule is CC(C)(C)c1ccc(/C(=C/COc2ccccc2)c2ccc(Cl)c(=O)[nH]2)cc1. The third kappa shape index (κ3) is 4.93. The van der Waals surface area contributed by atoms with Gasteiger partial charge in [-0.15, -0.1) is 0 Å². The monoisotopic (exact) mass is 393 g/mol. The zero-order chi connectivity index (χ0) is 20.1. The van der Waals surface area contributed by atoms with Gasteiger partial charge in [-0.1, -0.05) is 74.8 Å². The van der Waals surface area contributed by atoms with Gasteiger partial charge in [-0.2, -0.15) is 0 Å². The van der Waals surface area contributed by atoms with Gasteiger partial charge in [0.25, 0.3) is 5.56 Å². The third-order valence-electron chi connectivity index (χ3n) is 4.49. The molecule has 3 nitrogen and oxygen atoms in total. The molecule has 0 bridgehead atoms. The van der Waals surface area contributed by atoms with E-state index in [2.05, 4.69) is 50.0 Å². The maximum atomic E-state index is 12.0. The Balaban J connectivity index is 1.95. The van der Waals surface area contributed by atoms with Crippen LogP contribution in [0.5, 0.6) is 5.75 Å². The Labute approximate surface area is 170 Å². The summed E-state index contributed by atoms with van der Waals surface area (Å²) in [6, 6.07) is 21.5. The highest BCUT2D eigenvalue weighted by Crippen LogP contribution is 2.27. The standard InChI is InChI=1S/C24H24ClNO2/c1-24(2,3)18-11-9-17(10-12-18)20(22-14-13-21(25)23(27)26-22)15-16-28-19-7-5-4-6-8-19/h4-15H,16H2,1-3H3,(H,26,27)/b20-15-. The largest absolute Gasteiger partial charge is 0.490 e. The number of hydrogen-bond acceptors (Lipinski definition) is 2. The van der Waals surface area contributed by atoms with Gasteiger partial charge in [-0.05, 0) is 46.9 Å². The number of H-pyrrole nitrogens is 1. The number of halogens is 1. The Morgan fingerprint density at radius 1 is 1.00 bits per heavy atom. The quantitative estimate of drug-likeness (QED) is 0.591. The van der Waals surface area contributed by atoms with E-state index in [-0.39, 0.29) is 16.0 Å². The molecule has 0 amide bonds. The lowest BCUT2D eigenvalue weighted by Gasteiger charge is -2.19. The van der Waals surface area contributed by atoms with Gasteiger partial charge < -0.3 is 9.72 Å². The van der Waals surface area contributed by atoms with Crippen molar-refractivity contribution in [1.82, 2.24) is 4.98 Å². The maximum Gasteiger partial charge on any atom is 0.267 e. The van der Waals surface area contributed by atoms with Gasteiger partial charge in [0.05, 0.1) is 0 Å². The van der Waals surface area contributed by atoms with Crippen LogP contribution in [0.1, 0.15) is 37.6 Å². The van der Waals surface area contributed by atoms with Gasteiger partial charge in [0.1, 0.15) is 17.4 Å². The molecule has 3 aromatic rings. The molecule has 0 unspecified atom stereocenters. The molecule has 0 aliphatic carbocycles. The van der Waals surface area contributed by atoms with Crippen molar-refractivity contribution in [1.29, 1.82) is 0 Å². The Hall–Kier alpha value is -2.78. The van der Waals surface area contributed by atoms with Gasteiger partial charge in [-0.3, -0.25) is 4.79 Å². The lowest BCUT2D eigenvalue weighted by molar-refractivity contribution is 0.363. The van der Waals surface area contributed by atoms with E-state index in [1.807, 2.05) is 42.5 Å². The highest BCUT2D eigenvalue weighted by molar-refractivity contribution is 6.30. The smallest absolute Gasteiger partial charge is 0.267 e. The number of benzene rings is 2. The summed E-state index contributed by atoms with van der Waals surface area (Å²) < 4.78 is 5.82.